The first kappa shape index (κ1) is 17.1. The molecule has 7 heteroatoms. The average Bonchev–Trinajstić information content (AvgIpc) is 3.22. The highest BCUT2D eigenvalue weighted by Gasteiger charge is 2.26. The van der Waals surface area contributed by atoms with Crippen molar-refractivity contribution in [2.24, 2.45) is 0 Å². The molecule has 0 aliphatic carbocycles. The number of aromatic nitrogens is 3. The van der Waals surface area contributed by atoms with Gasteiger partial charge in [0.15, 0.2) is 0 Å². The molecule has 1 aliphatic heterocycles. The van der Waals surface area contributed by atoms with Crippen molar-refractivity contribution in [3.8, 4) is 0 Å². The first-order valence-corrected chi connectivity index (χ1v) is 9.37. The number of likely N-dealkylation sites (tertiary alicyclic amines) is 1. The first-order valence-electron chi connectivity index (χ1n) is 8.55. The number of aryl methyl sites for hydroxylation is 2. The molecule has 3 heterocycles. The molecule has 6 nitrogen and oxygen atoms in total. The Morgan fingerprint density at radius 1 is 1.46 bits per heavy atom. The summed E-state index contributed by atoms with van der Waals surface area (Å²) in [7, 11) is 0. The molecule has 1 atom stereocenters. The van der Waals surface area contributed by atoms with Crippen LogP contribution in [0.15, 0.2) is 10.6 Å². The van der Waals surface area contributed by atoms with Gasteiger partial charge in [-0.15, -0.1) is 21.5 Å². The highest BCUT2D eigenvalue weighted by atomic mass is 32.1. The zero-order chi connectivity index (χ0) is 17.1. The van der Waals surface area contributed by atoms with Crippen molar-refractivity contribution in [2.75, 3.05) is 13.1 Å². The maximum absolute atomic E-state index is 12.5. The molecule has 24 heavy (non-hydrogen) atoms. The van der Waals surface area contributed by atoms with Crippen LogP contribution < -0.4 is 0 Å². The van der Waals surface area contributed by atoms with Gasteiger partial charge in [-0.25, -0.2) is 4.98 Å². The Hall–Kier alpha value is -1.76. The van der Waals surface area contributed by atoms with E-state index in [1.54, 1.807) is 11.3 Å². The fourth-order valence-corrected chi connectivity index (χ4v) is 3.84. The lowest BCUT2D eigenvalue weighted by Crippen LogP contribution is -2.39. The number of piperidine rings is 1. The quantitative estimate of drug-likeness (QED) is 0.829. The van der Waals surface area contributed by atoms with Crippen LogP contribution in [0.1, 0.15) is 66.6 Å². The zero-order valence-corrected chi connectivity index (χ0v) is 15.3. The normalized spacial score (nSPS) is 18.3. The Labute approximate surface area is 146 Å². The van der Waals surface area contributed by atoms with Gasteiger partial charge in [0.1, 0.15) is 0 Å². The highest BCUT2D eigenvalue weighted by Crippen LogP contribution is 2.30. The Kier molecular flexibility index (Phi) is 5.28. The molecule has 0 bridgehead atoms. The summed E-state index contributed by atoms with van der Waals surface area (Å²) in [6, 6.07) is 0. The summed E-state index contributed by atoms with van der Waals surface area (Å²) in [4.78, 5) is 20.2. The lowest BCUT2D eigenvalue weighted by molar-refractivity contribution is -0.132. The van der Waals surface area contributed by atoms with Crippen LogP contribution in [-0.2, 0) is 11.2 Å². The minimum atomic E-state index is 0.164. The standard InChI is InChI=1S/C17H24N4O2S/c1-11(2)16-20-19-14(23-16)6-7-15(22)21-8-4-5-13(10-21)17-18-9-12(3)24-17/h9,11,13H,4-8,10H2,1-3H3/t13-/m0/s1. The number of carbonyl (C=O) groups is 1. The molecular formula is C17H24N4O2S. The van der Waals surface area contributed by atoms with Crippen molar-refractivity contribution in [3.05, 3.63) is 27.9 Å². The Balaban J connectivity index is 1.54. The second-order valence-electron chi connectivity index (χ2n) is 6.68. The molecule has 0 spiro atoms. The minimum absolute atomic E-state index is 0.164. The third-order valence-electron chi connectivity index (χ3n) is 4.29. The van der Waals surface area contributed by atoms with E-state index in [1.807, 2.05) is 24.9 Å². The fourth-order valence-electron chi connectivity index (χ4n) is 2.94. The van der Waals surface area contributed by atoms with E-state index in [0.29, 0.717) is 30.5 Å². The molecule has 0 unspecified atom stereocenters. The SMILES string of the molecule is Cc1cnc([C@H]2CCCN(C(=O)CCc3nnc(C(C)C)o3)C2)s1. The molecule has 0 N–H and O–H groups in total. The second kappa shape index (κ2) is 7.42. The molecule has 0 aromatic carbocycles. The Bertz CT molecular complexity index is 694. The van der Waals surface area contributed by atoms with Crippen LogP contribution in [-0.4, -0.2) is 39.1 Å². The molecule has 1 aliphatic rings. The predicted octanol–water partition coefficient (Wildman–Crippen LogP) is 3.30. The molecule has 0 radical (unpaired) electrons. The topological polar surface area (TPSA) is 72.1 Å². The number of carbonyl (C=O) groups excluding carboxylic acids is 1. The molecule has 2 aromatic rings. The molecule has 130 valence electrons. The van der Waals surface area contributed by atoms with Gasteiger partial charge in [0.25, 0.3) is 0 Å². The van der Waals surface area contributed by atoms with Crippen LogP contribution in [0, 0.1) is 6.92 Å². The van der Waals surface area contributed by atoms with E-state index in [0.717, 1.165) is 30.9 Å². The molecule has 3 rings (SSSR count). The maximum Gasteiger partial charge on any atom is 0.223 e. The van der Waals surface area contributed by atoms with Crippen LogP contribution >= 0.6 is 11.3 Å². The van der Waals surface area contributed by atoms with E-state index in [2.05, 4.69) is 22.1 Å². The van der Waals surface area contributed by atoms with Gasteiger partial charge in [-0.2, -0.15) is 0 Å². The van der Waals surface area contributed by atoms with Gasteiger partial charge in [-0.05, 0) is 19.8 Å². The summed E-state index contributed by atoms with van der Waals surface area (Å²) in [6.07, 6.45) is 4.99. The van der Waals surface area contributed by atoms with Crippen molar-refractivity contribution in [1.82, 2.24) is 20.1 Å². The Morgan fingerprint density at radius 2 is 2.29 bits per heavy atom. The van der Waals surface area contributed by atoms with Crippen molar-refractivity contribution in [2.45, 2.75) is 58.3 Å². The summed E-state index contributed by atoms with van der Waals surface area (Å²) < 4.78 is 5.57. The van der Waals surface area contributed by atoms with Crippen LogP contribution in [0.5, 0.6) is 0 Å². The molecule has 1 fully saturated rings. The van der Waals surface area contributed by atoms with Gasteiger partial charge in [-0.3, -0.25) is 4.79 Å². The summed E-state index contributed by atoms with van der Waals surface area (Å²) in [5.41, 5.74) is 0. The summed E-state index contributed by atoms with van der Waals surface area (Å²) in [6.45, 7) is 7.70. The molecule has 2 aromatic heterocycles. The van der Waals surface area contributed by atoms with E-state index in [1.165, 1.54) is 4.88 Å². The maximum atomic E-state index is 12.5. The number of nitrogens with zero attached hydrogens (tertiary/aromatic N) is 4. The van der Waals surface area contributed by atoms with E-state index in [4.69, 9.17) is 4.42 Å². The van der Waals surface area contributed by atoms with Gasteiger partial charge in [0.05, 0.1) is 5.01 Å². The number of rotatable bonds is 5. The summed E-state index contributed by atoms with van der Waals surface area (Å²) in [5, 5.41) is 9.19. The molecule has 0 saturated carbocycles. The summed E-state index contributed by atoms with van der Waals surface area (Å²) in [5.74, 6) is 1.94. The van der Waals surface area contributed by atoms with Gasteiger partial charge in [0.2, 0.25) is 17.7 Å². The smallest absolute Gasteiger partial charge is 0.223 e. The lowest BCUT2D eigenvalue weighted by Gasteiger charge is -2.31. The van der Waals surface area contributed by atoms with Crippen molar-refractivity contribution in [3.63, 3.8) is 0 Å². The largest absolute Gasteiger partial charge is 0.425 e. The number of thiazole rings is 1. The molecule has 1 amide bonds. The van der Waals surface area contributed by atoms with Crippen LogP contribution in [0.4, 0.5) is 0 Å². The number of hydrogen-bond donors (Lipinski definition) is 0. The van der Waals surface area contributed by atoms with Gasteiger partial charge in [-0.1, -0.05) is 13.8 Å². The third kappa shape index (κ3) is 4.01. The van der Waals surface area contributed by atoms with Crippen LogP contribution in [0.2, 0.25) is 0 Å². The van der Waals surface area contributed by atoms with Crippen molar-refractivity contribution in [1.29, 1.82) is 0 Å². The van der Waals surface area contributed by atoms with Crippen molar-refractivity contribution >= 4 is 17.2 Å². The monoisotopic (exact) mass is 348 g/mol. The number of hydrogen-bond acceptors (Lipinski definition) is 6. The van der Waals surface area contributed by atoms with E-state index < -0.39 is 0 Å². The predicted molar refractivity (Wildman–Crippen MR) is 92.1 cm³/mol. The molecule has 1 saturated heterocycles. The highest BCUT2D eigenvalue weighted by molar-refractivity contribution is 7.11. The Morgan fingerprint density at radius 3 is 2.96 bits per heavy atom. The zero-order valence-electron chi connectivity index (χ0n) is 14.5. The van der Waals surface area contributed by atoms with Gasteiger partial charge < -0.3 is 9.32 Å². The average molecular weight is 348 g/mol. The number of amides is 1. The van der Waals surface area contributed by atoms with E-state index in [-0.39, 0.29) is 11.8 Å². The third-order valence-corrected chi connectivity index (χ3v) is 5.37. The van der Waals surface area contributed by atoms with Gasteiger partial charge >= 0.3 is 0 Å². The van der Waals surface area contributed by atoms with E-state index >= 15 is 0 Å². The van der Waals surface area contributed by atoms with Crippen molar-refractivity contribution < 1.29 is 9.21 Å². The van der Waals surface area contributed by atoms with E-state index in [9.17, 15) is 4.79 Å². The van der Waals surface area contributed by atoms with Crippen LogP contribution in [0.3, 0.4) is 0 Å². The molecular weight excluding hydrogens is 324 g/mol. The van der Waals surface area contributed by atoms with Crippen LogP contribution in [0.25, 0.3) is 0 Å². The first-order chi connectivity index (χ1) is 11.5. The summed E-state index contributed by atoms with van der Waals surface area (Å²) >= 11 is 1.74. The fraction of sp³-hybridized carbons (Fsp3) is 0.647. The second-order valence-corrected chi connectivity index (χ2v) is 7.94. The lowest BCUT2D eigenvalue weighted by atomic mass is 9.98. The minimum Gasteiger partial charge on any atom is -0.425 e. The van der Waals surface area contributed by atoms with Gasteiger partial charge in [0, 0.05) is 48.8 Å².